The molecule has 0 heterocycles. The van der Waals surface area contributed by atoms with E-state index in [0.29, 0.717) is 5.56 Å². The molecule has 1 N–H and O–H groups in total. The molecule has 5 heteroatoms. The molecule has 0 aliphatic carbocycles. The minimum Gasteiger partial charge on any atom is -0.411 e. The standard InChI is InChI=1S/C8H6Cl2FNO/c1-4(12-13)5-2-8(11)7(10)3-6(5)9/h2-3,13H,1H3. The molecule has 0 aliphatic heterocycles. The van der Waals surface area contributed by atoms with Crippen molar-refractivity contribution in [2.75, 3.05) is 0 Å². The fourth-order valence-corrected chi connectivity index (χ4v) is 1.37. The van der Waals surface area contributed by atoms with Crippen molar-refractivity contribution in [2.24, 2.45) is 5.16 Å². The van der Waals surface area contributed by atoms with Crippen LogP contribution in [-0.2, 0) is 0 Å². The molecular formula is C8H6Cl2FNO. The van der Waals surface area contributed by atoms with Gasteiger partial charge in [-0.25, -0.2) is 4.39 Å². The van der Waals surface area contributed by atoms with E-state index in [-0.39, 0.29) is 15.8 Å². The Hall–Kier alpha value is -0.800. The second kappa shape index (κ2) is 3.94. The fraction of sp³-hybridized carbons (Fsp3) is 0.125. The van der Waals surface area contributed by atoms with Gasteiger partial charge in [-0.05, 0) is 19.1 Å². The highest BCUT2D eigenvalue weighted by Gasteiger charge is 2.09. The van der Waals surface area contributed by atoms with Crippen molar-refractivity contribution in [2.45, 2.75) is 6.92 Å². The van der Waals surface area contributed by atoms with Gasteiger partial charge in [0, 0.05) is 5.56 Å². The normalized spacial score (nSPS) is 11.8. The summed E-state index contributed by atoms with van der Waals surface area (Å²) in [7, 11) is 0. The summed E-state index contributed by atoms with van der Waals surface area (Å²) in [6.07, 6.45) is 0. The predicted octanol–water partition coefficient (Wildman–Crippen LogP) is 3.33. The topological polar surface area (TPSA) is 32.6 Å². The number of halogens is 3. The van der Waals surface area contributed by atoms with Gasteiger partial charge in [0.25, 0.3) is 0 Å². The average molecular weight is 222 g/mol. The van der Waals surface area contributed by atoms with Crippen molar-refractivity contribution >= 4 is 28.9 Å². The zero-order chi connectivity index (χ0) is 10.0. The van der Waals surface area contributed by atoms with E-state index in [1.54, 1.807) is 0 Å². The molecule has 0 amide bonds. The monoisotopic (exact) mass is 221 g/mol. The van der Waals surface area contributed by atoms with Gasteiger partial charge >= 0.3 is 0 Å². The molecule has 0 aromatic heterocycles. The number of rotatable bonds is 1. The summed E-state index contributed by atoms with van der Waals surface area (Å²) in [6, 6.07) is 2.39. The zero-order valence-corrected chi connectivity index (χ0v) is 8.19. The van der Waals surface area contributed by atoms with Crippen LogP contribution in [0.4, 0.5) is 4.39 Å². The second-order valence-corrected chi connectivity index (χ2v) is 3.25. The molecule has 0 radical (unpaired) electrons. The van der Waals surface area contributed by atoms with Crippen LogP contribution >= 0.6 is 23.2 Å². The minimum atomic E-state index is -0.593. The molecular weight excluding hydrogens is 216 g/mol. The highest BCUT2D eigenvalue weighted by molar-refractivity contribution is 6.37. The lowest BCUT2D eigenvalue weighted by atomic mass is 10.1. The van der Waals surface area contributed by atoms with Gasteiger partial charge < -0.3 is 5.21 Å². The summed E-state index contributed by atoms with van der Waals surface area (Å²) >= 11 is 11.2. The molecule has 0 spiro atoms. The Kier molecular flexibility index (Phi) is 3.12. The number of oxime groups is 1. The van der Waals surface area contributed by atoms with Crippen molar-refractivity contribution in [1.82, 2.24) is 0 Å². The van der Waals surface area contributed by atoms with Crippen LogP contribution in [0, 0.1) is 5.82 Å². The lowest BCUT2D eigenvalue weighted by Gasteiger charge is -2.03. The average Bonchev–Trinajstić information content (AvgIpc) is 2.10. The van der Waals surface area contributed by atoms with Crippen LogP contribution in [0.15, 0.2) is 17.3 Å². The third-order valence-electron chi connectivity index (χ3n) is 1.55. The van der Waals surface area contributed by atoms with Crippen LogP contribution in [0.2, 0.25) is 10.0 Å². The Bertz CT molecular complexity index is 365. The molecule has 0 saturated heterocycles. The molecule has 0 aliphatic rings. The van der Waals surface area contributed by atoms with E-state index in [2.05, 4.69) is 5.16 Å². The predicted molar refractivity (Wildman–Crippen MR) is 50.4 cm³/mol. The molecule has 0 unspecified atom stereocenters. The van der Waals surface area contributed by atoms with E-state index in [1.807, 2.05) is 0 Å². The van der Waals surface area contributed by atoms with E-state index >= 15 is 0 Å². The van der Waals surface area contributed by atoms with Crippen molar-refractivity contribution < 1.29 is 9.60 Å². The molecule has 0 bridgehead atoms. The molecule has 2 nitrogen and oxygen atoms in total. The van der Waals surface area contributed by atoms with Gasteiger partial charge in [0.1, 0.15) is 5.82 Å². The third-order valence-corrected chi connectivity index (χ3v) is 2.15. The Morgan fingerprint density at radius 2 is 2.00 bits per heavy atom. The lowest BCUT2D eigenvalue weighted by Crippen LogP contribution is -1.97. The zero-order valence-electron chi connectivity index (χ0n) is 6.68. The summed E-state index contributed by atoms with van der Waals surface area (Å²) in [5, 5.41) is 11.6. The van der Waals surface area contributed by atoms with Crippen LogP contribution < -0.4 is 0 Å². The van der Waals surface area contributed by atoms with Crippen molar-refractivity contribution in [3.05, 3.63) is 33.6 Å². The first-order chi connectivity index (χ1) is 6.06. The Balaban J connectivity index is 3.32. The summed E-state index contributed by atoms with van der Waals surface area (Å²) in [5.74, 6) is -0.593. The Labute approximate surface area is 84.6 Å². The molecule has 0 saturated carbocycles. The maximum absolute atomic E-state index is 12.9. The quantitative estimate of drug-likeness (QED) is 0.336. The lowest BCUT2D eigenvalue weighted by molar-refractivity contribution is 0.319. The van der Waals surface area contributed by atoms with Crippen LogP contribution in [-0.4, -0.2) is 10.9 Å². The highest BCUT2D eigenvalue weighted by atomic mass is 35.5. The van der Waals surface area contributed by atoms with E-state index < -0.39 is 5.82 Å². The van der Waals surface area contributed by atoms with Gasteiger partial charge in [0.15, 0.2) is 0 Å². The highest BCUT2D eigenvalue weighted by Crippen LogP contribution is 2.24. The number of hydrogen-bond acceptors (Lipinski definition) is 2. The van der Waals surface area contributed by atoms with Crippen LogP contribution in [0.5, 0.6) is 0 Å². The smallest absolute Gasteiger partial charge is 0.142 e. The summed E-state index contributed by atoms with van der Waals surface area (Å²) in [4.78, 5) is 0. The first-order valence-electron chi connectivity index (χ1n) is 3.40. The first kappa shape index (κ1) is 10.3. The van der Waals surface area contributed by atoms with Crippen molar-refractivity contribution in [3.63, 3.8) is 0 Å². The maximum atomic E-state index is 12.9. The van der Waals surface area contributed by atoms with E-state index in [0.717, 1.165) is 6.07 Å². The molecule has 13 heavy (non-hydrogen) atoms. The summed E-state index contributed by atoms with van der Waals surface area (Å²) < 4.78 is 12.9. The van der Waals surface area contributed by atoms with Crippen LogP contribution in [0.25, 0.3) is 0 Å². The Morgan fingerprint density at radius 1 is 1.38 bits per heavy atom. The van der Waals surface area contributed by atoms with Crippen LogP contribution in [0.1, 0.15) is 12.5 Å². The molecule has 70 valence electrons. The summed E-state index contributed by atoms with van der Waals surface area (Å²) in [6.45, 7) is 1.51. The number of hydrogen-bond donors (Lipinski definition) is 1. The second-order valence-electron chi connectivity index (χ2n) is 2.43. The molecule has 1 aromatic carbocycles. The first-order valence-corrected chi connectivity index (χ1v) is 4.15. The maximum Gasteiger partial charge on any atom is 0.142 e. The third kappa shape index (κ3) is 2.11. The number of nitrogens with zero attached hydrogens (tertiary/aromatic N) is 1. The SMILES string of the molecule is CC(=NO)c1cc(F)c(Cl)cc1Cl. The van der Waals surface area contributed by atoms with E-state index in [9.17, 15) is 4.39 Å². The van der Waals surface area contributed by atoms with E-state index in [4.69, 9.17) is 28.4 Å². The molecule has 1 aromatic rings. The van der Waals surface area contributed by atoms with Gasteiger partial charge in [-0.3, -0.25) is 0 Å². The summed E-state index contributed by atoms with van der Waals surface area (Å²) in [5.41, 5.74) is 0.562. The fourth-order valence-electron chi connectivity index (χ4n) is 0.854. The van der Waals surface area contributed by atoms with E-state index in [1.165, 1.54) is 13.0 Å². The molecule has 0 fully saturated rings. The van der Waals surface area contributed by atoms with Crippen molar-refractivity contribution in [3.8, 4) is 0 Å². The number of benzene rings is 1. The van der Waals surface area contributed by atoms with Gasteiger partial charge in [-0.15, -0.1) is 0 Å². The molecule has 1 rings (SSSR count). The largest absolute Gasteiger partial charge is 0.411 e. The van der Waals surface area contributed by atoms with Gasteiger partial charge in [0.2, 0.25) is 0 Å². The van der Waals surface area contributed by atoms with Gasteiger partial charge in [0.05, 0.1) is 15.8 Å². The molecule has 0 atom stereocenters. The van der Waals surface area contributed by atoms with Gasteiger partial charge in [-0.1, -0.05) is 28.4 Å². The minimum absolute atomic E-state index is 0.0560. The Morgan fingerprint density at radius 3 is 2.54 bits per heavy atom. The van der Waals surface area contributed by atoms with Gasteiger partial charge in [-0.2, -0.15) is 0 Å². The van der Waals surface area contributed by atoms with Crippen molar-refractivity contribution in [1.29, 1.82) is 0 Å². The van der Waals surface area contributed by atoms with Crippen LogP contribution in [0.3, 0.4) is 0 Å².